The average molecular weight is 284 g/mol. The zero-order valence-corrected chi connectivity index (χ0v) is 13.1. The van der Waals surface area contributed by atoms with Crippen molar-refractivity contribution in [2.75, 3.05) is 6.61 Å². The van der Waals surface area contributed by atoms with Gasteiger partial charge in [0.15, 0.2) is 5.79 Å². The Kier molecular flexibility index (Phi) is 6.79. The summed E-state index contributed by atoms with van der Waals surface area (Å²) < 4.78 is 12.0. The Morgan fingerprint density at radius 2 is 1.75 bits per heavy atom. The smallest absolute Gasteiger partial charge is 0.169 e. The quantitative estimate of drug-likeness (QED) is 0.680. The fourth-order valence-corrected chi connectivity index (χ4v) is 3.44. The number of aliphatic hydroxyl groups is 1. The van der Waals surface area contributed by atoms with E-state index in [1.165, 1.54) is 51.4 Å². The lowest BCUT2D eigenvalue weighted by atomic mass is 9.94. The van der Waals surface area contributed by atoms with Gasteiger partial charge in [0.1, 0.15) is 6.10 Å². The van der Waals surface area contributed by atoms with Gasteiger partial charge in [-0.3, -0.25) is 0 Å². The summed E-state index contributed by atoms with van der Waals surface area (Å²) in [6, 6.07) is 0. The lowest BCUT2D eigenvalue weighted by Crippen LogP contribution is -2.36. The van der Waals surface area contributed by atoms with E-state index in [1.54, 1.807) is 0 Å². The Hall–Kier alpha value is -0.120. The highest BCUT2D eigenvalue weighted by atomic mass is 16.7. The second kappa shape index (κ2) is 8.35. The van der Waals surface area contributed by atoms with Crippen molar-refractivity contribution in [1.82, 2.24) is 0 Å². The molecular weight excluding hydrogens is 252 g/mol. The van der Waals surface area contributed by atoms with Crippen LogP contribution in [0.15, 0.2) is 0 Å². The molecule has 20 heavy (non-hydrogen) atoms. The van der Waals surface area contributed by atoms with Crippen molar-refractivity contribution in [2.45, 2.75) is 102 Å². The fourth-order valence-electron chi connectivity index (χ4n) is 3.44. The number of hydrogen-bond acceptors (Lipinski definition) is 3. The van der Waals surface area contributed by atoms with Crippen molar-refractivity contribution in [2.24, 2.45) is 0 Å². The zero-order valence-electron chi connectivity index (χ0n) is 13.1. The highest BCUT2D eigenvalue weighted by molar-refractivity contribution is 4.85. The zero-order chi connectivity index (χ0) is 14.3. The molecule has 1 aliphatic heterocycles. The molecule has 2 aliphatic rings. The van der Waals surface area contributed by atoms with Crippen LogP contribution in [0, 0.1) is 0 Å². The van der Waals surface area contributed by atoms with Gasteiger partial charge in [0.05, 0.1) is 12.7 Å². The minimum absolute atomic E-state index is 0.0938. The van der Waals surface area contributed by atoms with E-state index in [0.717, 1.165) is 25.7 Å². The molecule has 1 spiro atoms. The average Bonchev–Trinajstić information content (AvgIpc) is 2.87. The number of hydrogen-bond donors (Lipinski definition) is 1. The van der Waals surface area contributed by atoms with E-state index in [2.05, 4.69) is 6.92 Å². The predicted octanol–water partition coefficient (Wildman–Crippen LogP) is 4.17. The summed E-state index contributed by atoms with van der Waals surface area (Å²) in [7, 11) is 0. The van der Waals surface area contributed by atoms with Gasteiger partial charge in [0, 0.05) is 12.8 Å². The van der Waals surface area contributed by atoms with E-state index in [9.17, 15) is 5.11 Å². The van der Waals surface area contributed by atoms with Gasteiger partial charge < -0.3 is 14.6 Å². The molecule has 2 rings (SSSR count). The first kappa shape index (κ1) is 16.3. The van der Waals surface area contributed by atoms with E-state index in [0.29, 0.717) is 6.61 Å². The van der Waals surface area contributed by atoms with Gasteiger partial charge in [-0.1, -0.05) is 51.9 Å². The maximum absolute atomic E-state index is 10.3. The maximum atomic E-state index is 10.3. The third-order valence-corrected chi connectivity index (χ3v) is 4.77. The first-order valence-electron chi connectivity index (χ1n) is 8.75. The second-order valence-corrected chi connectivity index (χ2v) is 6.56. The highest BCUT2D eigenvalue weighted by Gasteiger charge is 2.44. The summed E-state index contributed by atoms with van der Waals surface area (Å²) in [5.74, 6) is -0.342. The van der Waals surface area contributed by atoms with E-state index < -0.39 is 0 Å². The summed E-state index contributed by atoms with van der Waals surface area (Å²) in [4.78, 5) is 0. The summed E-state index contributed by atoms with van der Waals surface area (Å²) in [6.07, 6.45) is 13.7. The standard InChI is InChI=1S/C17H32O3/c1-2-3-4-5-6-8-11-15(18)16-14-19-17(20-16)12-9-7-10-13-17/h15-16,18H,2-14H2,1H3/t15-,16+/m0/s1. The molecule has 0 aromatic rings. The summed E-state index contributed by atoms with van der Waals surface area (Å²) in [5, 5.41) is 10.3. The lowest BCUT2D eigenvalue weighted by molar-refractivity contribution is -0.195. The van der Waals surface area contributed by atoms with Crippen LogP contribution in [0.5, 0.6) is 0 Å². The van der Waals surface area contributed by atoms with Crippen LogP contribution in [0.4, 0.5) is 0 Å². The van der Waals surface area contributed by atoms with Gasteiger partial charge in [-0.25, -0.2) is 0 Å². The van der Waals surface area contributed by atoms with Crippen molar-refractivity contribution >= 4 is 0 Å². The molecule has 0 amide bonds. The molecule has 1 aliphatic carbocycles. The molecule has 0 bridgehead atoms. The summed E-state index contributed by atoms with van der Waals surface area (Å²) >= 11 is 0. The van der Waals surface area contributed by atoms with Crippen LogP contribution in [-0.2, 0) is 9.47 Å². The monoisotopic (exact) mass is 284 g/mol. The first-order chi connectivity index (χ1) is 9.76. The van der Waals surface area contributed by atoms with E-state index in [-0.39, 0.29) is 18.0 Å². The molecule has 1 saturated heterocycles. The van der Waals surface area contributed by atoms with Gasteiger partial charge in [0.2, 0.25) is 0 Å². The van der Waals surface area contributed by atoms with Crippen LogP contribution in [0.25, 0.3) is 0 Å². The lowest BCUT2D eigenvalue weighted by Gasteiger charge is -2.32. The summed E-state index contributed by atoms with van der Waals surface area (Å²) in [5.41, 5.74) is 0. The van der Waals surface area contributed by atoms with Gasteiger partial charge in [-0.2, -0.15) is 0 Å². The molecule has 1 heterocycles. The molecule has 2 fully saturated rings. The molecule has 3 heteroatoms. The Labute approximate surface area is 124 Å². The van der Waals surface area contributed by atoms with E-state index >= 15 is 0 Å². The normalized spacial score (nSPS) is 27.0. The largest absolute Gasteiger partial charge is 0.390 e. The van der Waals surface area contributed by atoms with Crippen LogP contribution in [-0.4, -0.2) is 29.7 Å². The van der Waals surface area contributed by atoms with E-state index in [4.69, 9.17) is 9.47 Å². The molecule has 1 N–H and O–H groups in total. The molecule has 3 nitrogen and oxygen atoms in total. The second-order valence-electron chi connectivity index (χ2n) is 6.56. The van der Waals surface area contributed by atoms with Crippen molar-refractivity contribution in [1.29, 1.82) is 0 Å². The first-order valence-corrected chi connectivity index (χ1v) is 8.75. The molecule has 0 aromatic carbocycles. The minimum atomic E-state index is -0.345. The number of aliphatic hydroxyl groups excluding tert-OH is 1. The molecular formula is C17H32O3. The van der Waals surface area contributed by atoms with Gasteiger partial charge >= 0.3 is 0 Å². The van der Waals surface area contributed by atoms with Crippen molar-refractivity contribution < 1.29 is 14.6 Å². The van der Waals surface area contributed by atoms with Crippen molar-refractivity contribution in [3.8, 4) is 0 Å². The summed E-state index contributed by atoms with van der Waals surface area (Å²) in [6.45, 7) is 2.82. The Balaban J connectivity index is 1.60. The molecule has 118 valence electrons. The third kappa shape index (κ3) is 4.71. The highest BCUT2D eigenvalue weighted by Crippen LogP contribution is 2.38. The third-order valence-electron chi connectivity index (χ3n) is 4.77. The van der Waals surface area contributed by atoms with Gasteiger partial charge in [0.25, 0.3) is 0 Å². The number of unbranched alkanes of at least 4 members (excludes halogenated alkanes) is 5. The van der Waals surface area contributed by atoms with Crippen LogP contribution in [0.1, 0.15) is 84.0 Å². The Morgan fingerprint density at radius 1 is 1.05 bits per heavy atom. The molecule has 0 aromatic heterocycles. The number of ether oxygens (including phenoxy) is 2. The van der Waals surface area contributed by atoms with Gasteiger partial charge in [-0.15, -0.1) is 0 Å². The van der Waals surface area contributed by atoms with Crippen molar-refractivity contribution in [3.05, 3.63) is 0 Å². The molecule has 2 atom stereocenters. The Bertz CT molecular complexity index is 261. The maximum Gasteiger partial charge on any atom is 0.169 e. The SMILES string of the molecule is CCCCCCCC[C@H](O)[C@H]1COC2(CCCCC2)O1. The van der Waals surface area contributed by atoms with Crippen LogP contribution < -0.4 is 0 Å². The van der Waals surface area contributed by atoms with E-state index in [1.807, 2.05) is 0 Å². The van der Waals surface area contributed by atoms with Crippen LogP contribution >= 0.6 is 0 Å². The Morgan fingerprint density at radius 3 is 2.50 bits per heavy atom. The fraction of sp³-hybridized carbons (Fsp3) is 1.00. The van der Waals surface area contributed by atoms with Crippen molar-refractivity contribution in [3.63, 3.8) is 0 Å². The predicted molar refractivity (Wildman–Crippen MR) is 80.6 cm³/mol. The van der Waals surface area contributed by atoms with Crippen LogP contribution in [0.3, 0.4) is 0 Å². The minimum Gasteiger partial charge on any atom is -0.390 e. The molecule has 0 unspecified atom stereocenters. The topological polar surface area (TPSA) is 38.7 Å². The van der Waals surface area contributed by atoms with Gasteiger partial charge in [-0.05, 0) is 19.3 Å². The molecule has 0 radical (unpaired) electrons. The molecule has 1 saturated carbocycles. The van der Waals surface area contributed by atoms with Crippen LogP contribution in [0.2, 0.25) is 0 Å². The number of rotatable bonds is 8.